The molecular weight excluding hydrogens is 337 g/mol. The second-order valence-corrected chi connectivity index (χ2v) is 12.2. The maximum absolute atomic E-state index is 12.8. The number of halogens is 3. The Hall–Kier alpha value is -1.18. The fraction of sp³-hybridized carbons (Fsp3) is 0.588. The zero-order valence-corrected chi connectivity index (χ0v) is 15.9. The van der Waals surface area contributed by atoms with Crippen molar-refractivity contribution in [3.05, 3.63) is 35.4 Å². The fourth-order valence-electron chi connectivity index (χ4n) is 1.94. The van der Waals surface area contributed by atoms with Crippen molar-refractivity contribution < 1.29 is 27.5 Å². The molecule has 1 aromatic rings. The quantitative estimate of drug-likeness (QED) is 0.771. The van der Waals surface area contributed by atoms with Gasteiger partial charge in [-0.15, -0.1) is 0 Å². The number of rotatable bonds is 5. The Morgan fingerprint density at radius 2 is 1.75 bits per heavy atom. The zero-order valence-electron chi connectivity index (χ0n) is 14.9. The zero-order chi connectivity index (χ0) is 18.9. The molecule has 0 aromatic heterocycles. The van der Waals surface area contributed by atoms with Gasteiger partial charge in [-0.05, 0) is 42.8 Å². The molecule has 2 atom stereocenters. The van der Waals surface area contributed by atoms with Crippen molar-refractivity contribution in [1.82, 2.24) is 0 Å². The molecular formula is C17H25F3O3Si. The van der Waals surface area contributed by atoms with Gasteiger partial charge in [0.1, 0.15) is 12.2 Å². The average Bonchev–Trinajstić information content (AvgIpc) is 2.42. The SMILES string of the molecule is CC(=O)[C@H](O[Si](C)(C)C(C)(C)C)[C@@H](O)c1cccc(C(F)(F)F)c1. The summed E-state index contributed by atoms with van der Waals surface area (Å²) >= 11 is 0. The third-order valence-corrected chi connectivity index (χ3v) is 8.93. The lowest BCUT2D eigenvalue weighted by atomic mass is 10.00. The number of hydrogen-bond donors (Lipinski definition) is 1. The minimum atomic E-state index is -4.51. The summed E-state index contributed by atoms with van der Waals surface area (Å²) in [5, 5.41) is 10.3. The fourth-order valence-corrected chi connectivity index (χ4v) is 3.22. The summed E-state index contributed by atoms with van der Waals surface area (Å²) in [4.78, 5) is 12.0. The number of alkyl halides is 3. The van der Waals surface area contributed by atoms with E-state index in [0.717, 1.165) is 12.1 Å². The number of carbonyl (C=O) groups is 1. The number of benzene rings is 1. The van der Waals surface area contributed by atoms with Crippen LogP contribution in [0.4, 0.5) is 13.2 Å². The van der Waals surface area contributed by atoms with Crippen molar-refractivity contribution in [3.63, 3.8) is 0 Å². The van der Waals surface area contributed by atoms with Gasteiger partial charge in [0, 0.05) is 0 Å². The second-order valence-electron chi connectivity index (χ2n) is 7.48. The van der Waals surface area contributed by atoms with Crippen LogP contribution in [-0.4, -0.2) is 25.3 Å². The van der Waals surface area contributed by atoms with E-state index in [1.54, 1.807) is 0 Å². The van der Waals surface area contributed by atoms with Crippen LogP contribution >= 0.6 is 0 Å². The molecule has 0 radical (unpaired) electrons. The highest BCUT2D eigenvalue weighted by atomic mass is 28.4. The van der Waals surface area contributed by atoms with Gasteiger partial charge >= 0.3 is 6.18 Å². The molecule has 1 rings (SSSR count). The average molecular weight is 362 g/mol. The summed E-state index contributed by atoms with van der Waals surface area (Å²) in [6.45, 7) is 11.0. The van der Waals surface area contributed by atoms with Crippen molar-refractivity contribution in [2.24, 2.45) is 0 Å². The molecule has 0 amide bonds. The van der Waals surface area contributed by atoms with Crippen molar-refractivity contribution in [2.45, 2.75) is 64.2 Å². The molecule has 0 aliphatic heterocycles. The van der Waals surface area contributed by atoms with E-state index < -0.39 is 38.0 Å². The third kappa shape index (κ3) is 4.91. The van der Waals surface area contributed by atoms with Gasteiger partial charge in [-0.2, -0.15) is 13.2 Å². The summed E-state index contributed by atoms with van der Waals surface area (Å²) in [5.41, 5.74) is -0.850. The first kappa shape index (κ1) is 20.9. The predicted molar refractivity (Wildman–Crippen MR) is 89.2 cm³/mol. The topological polar surface area (TPSA) is 46.5 Å². The Morgan fingerprint density at radius 3 is 2.17 bits per heavy atom. The van der Waals surface area contributed by atoms with Crippen LogP contribution in [0.1, 0.15) is 44.9 Å². The third-order valence-electron chi connectivity index (χ3n) is 4.47. The van der Waals surface area contributed by atoms with Crippen LogP contribution in [0.3, 0.4) is 0 Å². The van der Waals surface area contributed by atoms with Gasteiger partial charge in [0.15, 0.2) is 14.1 Å². The molecule has 0 aliphatic rings. The van der Waals surface area contributed by atoms with E-state index in [1.165, 1.54) is 19.1 Å². The molecule has 0 bridgehead atoms. The first-order valence-corrected chi connectivity index (χ1v) is 10.6. The van der Waals surface area contributed by atoms with Crippen LogP contribution < -0.4 is 0 Å². The van der Waals surface area contributed by atoms with Gasteiger partial charge in [-0.1, -0.05) is 32.9 Å². The summed E-state index contributed by atoms with van der Waals surface area (Å²) in [6, 6.07) is 4.36. The number of hydrogen-bond acceptors (Lipinski definition) is 3. The lowest BCUT2D eigenvalue weighted by Gasteiger charge is -2.39. The molecule has 136 valence electrons. The molecule has 0 unspecified atom stereocenters. The Balaban J connectivity index is 3.17. The molecule has 0 fully saturated rings. The summed E-state index contributed by atoms with van der Waals surface area (Å²) < 4.78 is 44.5. The minimum absolute atomic E-state index is 0.0173. The maximum Gasteiger partial charge on any atom is 0.416 e. The van der Waals surface area contributed by atoms with E-state index >= 15 is 0 Å². The standard InChI is InChI=1S/C17H25F3O3Si/c1-11(21)15(23-24(5,6)16(2,3)4)14(22)12-8-7-9-13(10-12)17(18,19)20/h7-10,14-15,22H,1-6H3/t14-,15-/m0/s1. The van der Waals surface area contributed by atoms with E-state index in [2.05, 4.69) is 0 Å². The maximum atomic E-state index is 12.8. The lowest BCUT2D eigenvalue weighted by Crippen LogP contribution is -2.47. The first-order valence-electron chi connectivity index (χ1n) is 7.70. The van der Waals surface area contributed by atoms with Crippen molar-refractivity contribution in [1.29, 1.82) is 0 Å². The van der Waals surface area contributed by atoms with Gasteiger partial charge in [0.25, 0.3) is 0 Å². The molecule has 7 heteroatoms. The van der Waals surface area contributed by atoms with Crippen molar-refractivity contribution >= 4 is 14.1 Å². The van der Waals surface area contributed by atoms with Crippen LogP contribution in [0.5, 0.6) is 0 Å². The molecule has 1 aromatic carbocycles. The van der Waals surface area contributed by atoms with E-state index in [1.807, 2.05) is 33.9 Å². The molecule has 1 N–H and O–H groups in total. The van der Waals surface area contributed by atoms with Gasteiger partial charge in [0.2, 0.25) is 0 Å². The first-order chi connectivity index (χ1) is 10.7. The Kier molecular flexibility index (Phi) is 6.06. The van der Waals surface area contributed by atoms with Crippen LogP contribution in [0.15, 0.2) is 24.3 Å². The number of carbonyl (C=O) groups excluding carboxylic acids is 1. The Bertz CT molecular complexity index is 591. The monoisotopic (exact) mass is 362 g/mol. The molecule has 24 heavy (non-hydrogen) atoms. The predicted octanol–water partition coefficient (Wildman–Crippen LogP) is 4.72. The molecule has 0 aliphatic carbocycles. The highest BCUT2D eigenvalue weighted by Crippen LogP contribution is 2.39. The molecule has 0 heterocycles. The highest BCUT2D eigenvalue weighted by Gasteiger charge is 2.42. The van der Waals surface area contributed by atoms with Gasteiger partial charge in [-0.25, -0.2) is 0 Å². The number of ketones is 1. The minimum Gasteiger partial charge on any atom is -0.404 e. The van der Waals surface area contributed by atoms with Crippen LogP contribution in [0, 0.1) is 0 Å². The normalized spacial score (nSPS) is 15.9. The second kappa shape index (κ2) is 6.97. The van der Waals surface area contributed by atoms with Crippen molar-refractivity contribution in [3.8, 4) is 0 Å². The molecule has 0 spiro atoms. The van der Waals surface area contributed by atoms with Gasteiger partial charge < -0.3 is 9.53 Å². The number of aliphatic hydroxyl groups excluding tert-OH is 1. The van der Waals surface area contributed by atoms with Crippen molar-refractivity contribution in [2.75, 3.05) is 0 Å². The number of aliphatic hydroxyl groups is 1. The summed E-state index contributed by atoms with van der Waals surface area (Å²) in [6.07, 6.45) is -7.14. The van der Waals surface area contributed by atoms with E-state index in [9.17, 15) is 23.1 Å². The molecule has 0 saturated heterocycles. The smallest absolute Gasteiger partial charge is 0.404 e. The summed E-state index contributed by atoms with van der Waals surface area (Å²) in [7, 11) is -2.38. The highest BCUT2D eigenvalue weighted by molar-refractivity contribution is 6.74. The Labute approximate surface area is 142 Å². The van der Waals surface area contributed by atoms with Crippen LogP contribution in [0.25, 0.3) is 0 Å². The number of Topliss-reactive ketones (excluding diaryl/α,β-unsaturated/α-hetero) is 1. The Morgan fingerprint density at radius 1 is 1.21 bits per heavy atom. The molecule has 3 nitrogen and oxygen atoms in total. The summed E-state index contributed by atoms with van der Waals surface area (Å²) in [5.74, 6) is -0.412. The van der Waals surface area contributed by atoms with E-state index in [0.29, 0.717) is 0 Å². The van der Waals surface area contributed by atoms with Gasteiger partial charge in [-0.3, -0.25) is 4.79 Å². The molecule has 0 saturated carbocycles. The lowest BCUT2D eigenvalue weighted by molar-refractivity contribution is -0.137. The largest absolute Gasteiger partial charge is 0.416 e. The van der Waals surface area contributed by atoms with E-state index in [4.69, 9.17) is 4.43 Å². The van der Waals surface area contributed by atoms with Gasteiger partial charge in [0.05, 0.1) is 5.56 Å². The van der Waals surface area contributed by atoms with Crippen LogP contribution in [0.2, 0.25) is 18.1 Å². The van der Waals surface area contributed by atoms with E-state index in [-0.39, 0.29) is 10.6 Å². The van der Waals surface area contributed by atoms with Crippen LogP contribution in [-0.2, 0) is 15.4 Å².